The Morgan fingerprint density at radius 3 is 0.904 bits per heavy atom. The van der Waals surface area contributed by atoms with Crippen LogP contribution in [0.4, 0.5) is 0 Å². The van der Waals surface area contributed by atoms with Crippen molar-refractivity contribution in [3.8, 4) is 67.9 Å². The van der Waals surface area contributed by atoms with E-state index in [1.54, 1.807) is 0 Å². The van der Waals surface area contributed by atoms with Crippen LogP contribution in [0.5, 0.6) is 0 Å². The van der Waals surface area contributed by atoms with Crippen LogP contribution < -0.4 is 13.7 Å². The number of aromatic nitrogens is 12. The Balaban J connectivity index is 0.000000155. The Labute approximate surface area is 557 Å². The van der Waals surface area contributed by atoms with Gasteiger partial charge in [0.1, 0.15) is 56.1 Å². The molecule has 0 radical (unpaired) electrons. The van der Waals surface area contributed by atoms with E-state index in [1.165, 1.54) is 117 Å². The summed E-state index contributed by atoms with van der Waals surface area (Å²) < 4.78 is 6.84. The van der Waals surface area contributed by atoms with E-state index in [4.69, 9.17) is 24.9 Å². The van der Waals surface area contributed by atoms with Crippen LogP contribution in [0.2, 0.25) is 0 Å². The SMILES string of the molecule is Cc1cc(C)c(C)c(-c2ccc3cc(-c4nc(C(C)(C)C)nc(C(C)(C)C)n4)ccc3[n+]2C)c1.Cc1cc(C)c(C)c(-c2ccc3cc(-c4nc(C(C)C)nc(C(C)C)n4)ccc3[n+]2C)c1.Cc1cc(C)c(C)c(-c2ccc3cc(-c4nc(C)nc(C)n4)ccc3[n+]2C)c1. The zero-order valence-corrected chi connectivity index (χ0v) is 60.1. The lowest BCUT2D eigenvalue weighted by molar-refractivity contribution is -0.633. The Bertz CT molecular complexity index is 4850. The second-order valence-corrected chi connectivity index (χ2v) is 28.7. The van der Waals surface area contributed by atoms with Crippen molar-refractivity contribution in [2.45, 2.75) is 168 Å². The fourth-order valence-corrected chi connectivity index (χ4v) is 12.3. The predicted molar refractivity (Wildman–Crippen MR) is 386 cm³/mol. The molecule has 0 aliphatic carbocycles. The summed E-state index contributed by atoms with van der Waals surface area (Å²) in [5.41, 5.74) is 25.6. The van der Waals surface area contributed by atoms with Gasteiger partial charge in [0.15, 0.2) is 17.5 Å². The summed E-state index contributed by atoms with van der Waals surface area (Å²) in [6.45, 7) is 44.8. The number of benzene rings is 6. The third-order valence-electron chi connectivity index (χ3n) is 18.1. The molecule has 0 N–H and O–H groups in total. The summed E-state index contributed by atoms with van der Waals surface area (Å²) in [6, 6.07) is 46.2. The lowest BCUT2D eigenvalue weighted by Gasteiger charge is -2.22. The van der Waals surface area contributed by atoms with Gasteiger partial charge in [-0.1, -0.05) is 104 Å². The van der Waals surface area contributed by atoms with Crippen LogP contribution in [0.15, 0.2) is 127 Å². The summed E-state index contributed by atoms with van der Waals surface area (Å²) in [5, 5.41) is 3.51. The van der Waals surface area contributed by atoms with Crippen LogP contribution in [-0.2, 0) is 32.0 Å². The summed E-state index contributed by atoms with van der Waals surface area (Å²) in [6.07, 6.45) is 0. The topological polar surface area (TPSA) is 128 Å². The molecule has 0 saturated heterocycles. The van der Waals surface area contributed by atoms with Crippen LogP contribution in [-0.4, -0.2) is 44.9 Å². The zero-order valence-electron chi connectivity index (χ0n) is 60.1. The van der Waals surface area contributed by atoms with Gasteiger partial charge in [-0.3, -0.25) is 0 Å². The molecule has 12 nitrogen and oxygen atoms in total. The zero-order chi connectivity index (χ0) is 68.2. The van der Waals surface area contributed by atoms with Crippen LogP contribution in [0, 0.1) is 76.2 Å². The molecule has 12 heteroatoms. The Morgan fingerprint density at radius 2 is 0.606 bits per heavy atom. The van der Waals surface area contributed by atoms with Gasteiger partial charge in [0.2, 0.25) is 33.6 Å². The maximum absolute atomic E-state index is 4.88. The lowest BCUT2D eigenvalue weighted by atomic mass is 9.93. The van der Waals surface area contributed by atoms with E-state index in [2.05, 4.69) is 314 Å². The van der Waals surface area contributed by atoms with Crippen LogP contribution in [0.25, 0.3) is 101 Å². The highest BCUT2D eigenvalue weighted by atomic mass is 15.1. The van der Waals surface area contributed by atoms with Gasteiger partial charge in [-0.05, 0) is 182 Å². The molecule has 94 heavy (non-hydrogen) atoms. The molecule has 0 unspecified atom stereocenters. The molecule has 0 saturated carbocycles. The number of aryl methyl sites for hydroxylation is 11. The molecular formula is C82H95N12+3. The molecule has 0 bridgehead atoms. The molecule has 12 rings (SSSR count). The van der Waals surface area contributed by atoms with Gasteiger partial charge in [-0.2, -0.15) is 13.7 Å². The highest BCUT2D eigenvalue weighted by molar-refractivity contribution is 5.85. The van der Waals surface area contributed by atoms with Crippen molar-refractivity contribution in [2.24, 2.45) is 21.1 Å². The largest absolute Gasteiger partial charge is 0.219 e. The van der Waals surface area contributed by atoms with Crippen molar-refractivity contribution in [1.29, 1.82) is 0 Å². The van der Waals surface area contributed by atoms with E-state index < -0.39 is 0 Å². The molecular weight excluding hydrogens is 1150 g/mol. The van der Waals surface area contributed by atoms with E-state index in [-0.39, 0.29) is 22.7 Å². The molecule has 0 spiro atoms. The molecule has 12 aromatic rings. The maximum atomic E-state index is 4.88. The van der Waals surface area contributed by atoms with E-state index in [0.717, 1.165) is 69.1 Å². The van der Waals surface area contributed by atoms with Crippen LogP contribution in [0.1, 0.15) is 166 Å². The van der Waals surface area contributed by atoms with Crippen molar-refractivity contribution >= 4 is 32.7 Å². The standard InChI is InChI=1S/C30H37N4.C28H33N4.C24H25N4/c1-18-15-19(2)20(3)23(16-18)25-14-11-21-17-22(12-13-24(21)34(25)10)26-31-27(29(4,5)6)33-28(32-26)30(7,8)9;1-16(2)26-29-27(17(3)4)31-28(30-26)22-10-11-24-21(15-22)9-12-25(32(24)8)23-14-18(5)13-19(6)20(23)7;1-14-11-15(2)16(3)21(12-14)23-10-7-19-13-20(8-9-22(19)28(23)6)24-26-17(4)25-18(5)27-24/h11-17H,1-10H3;9-17H,1-8H3;7-13H,1-6H3/q3*+1. The fraction of sp³-hybridized carbons (Fsp3) is 0.341. The highest BCUT2D eigenvalue weighted by Gasteiger charge is 2.27. The summed E-state index contributed by atoms with van der Waals surface area (Å²) in [7, 11) is 6.42. The van der Waals surface area contributed by atoms with Crippen molar-refractivity contribution in [2.75, 3.05) is 0 Å². The number of hydrogen-bond acceptors (Lipinski definition) is 9. The smallest absolute Gasteiger partial charge is 0.213 e. The van der Waals surface area contributed by atoms with Crippen molar-refractivity contribution < 1.29 is 13.7 Å². The van der Waals surface area contributed by atoms with E-state index in [9.17, 15) is 0 Å². The number of rotatable bonds is 8. The maximum Gasteiger partial charge on any atom is 0.213 e. The van der Waals surface area contributed by atoms with Gasteiger partial charge in [0.05, 0.1) is 0 Å². The van der Waals surface area contributed by atoms with Gasteiger partial charge < -0.3 is 0 Å². The Kier molecular flexibility index (Phi) is 19.0. The number of nitrogens with zero attached hydrogens (tertiary/aromatic N) is 12. The average molecular weight is 1250 g/mol. The van der Waals surface area contributed by atoms with Gasteiger partial charge in [-0.15, -0.1) is 0 Å². The molecule has 0 amide bonds. The lowest BCUT2D eigenvalue weighted by Crippen LogP contribution is -2.32. The molecule has 6 aromatic heterocycles. The minimum absolute atomic E-state index is 0.153. The Hall–Kier alpha value is -9.42. The molecule has 0 aliphatic heterocycles. The van der Waals surface area contributed by atoms with Crippen molar-refractivity contribution in [1.82, 2.24) is 44.9 Å². The number of pyridine rings is 3. The van der Waals surface area contributed by atoms with Gasteiger partial charge >= 0.3 is 0 Å². The fourth-order valence-electron chi connectivity index (χ4n) is 12.3. The summed E-state index contributed by atoms with van der Waals surface area (Å²) in [4.78, 5) is 42.1. The first-order valence-corrected chi connectivity index (χ1v) is 33.0. The average Bonchev–Trinajstić information content (AvgIpc) is 0.785. The van der Waals surface area contributed by atoms with Gasteiger partial charge in [-0.25, -0.2) is 44.9 Å². The highest BCUT2D eigenvalue weighted by Crippen LogP contribution is 2.34. The predicted octanol–water partition coefficient (Wildman–Crippen LogP) is 17.8. The molecule has 480 valence electrons. The number of fused-ring (bicyclic) bond motifs is 3. The molecule has 0 atom stereocenters. The molecule has 6 aromatic carbocycles. The van der Waals surface area contributed by atoms with Crippen molar-refractivity contribution in [3.05, 3.63) is 212 Å². The first kappa shape index (κ1) is 67.5. The molecule has 6 heterocycles. The normalized spacial score (nSPS) is 11.8. The number of hydrogen-bond donors (Lipinski definition) is 0. The second-order valence-electron chi connectivity index (χ2n) is 28.7. The van der Waals surface area contributed by atoms with E-state index >= 15 is 0 Å². The first-order valence-electron chi connectivity index (χ1n) is 33.0. The monoisotopic (exact) mass is 1250 g/mol. The minimum Gasteiger partial charge on any atom is -0.219 e. The molecule has 0 aliphatic rings. The van der Waals surface area contributed by atoms with Gasteiger partial charge in [0, 0.05) is 109 Å². The second kappa shape index (κ2) is 26.5. The quantitative estimate of drug-likeness (QED) is 0.137. The van der Waals surface area contributed by atoms with E-state index in [1.807, 2.05) is 13.8 Å². The van der Waals surface area contributed by atoms with Crippen LogP contribution in [0.3, 0.4) is 0 Å². The van der Waals surface area contributed by atoms with Crippen molar-refractivity contribution in [3.63, 3.8) is 0 Å². The minimum atomic E-state index is -0.153. The van der Waals surface area contributed by atoms with Gasteiger partial charge in [0.25, 0.3) is 0 Å². The van der Waals surface area contributed by atoms with Crippen LogP contribution >= 0.6 is 0 Å². The Morgan fingerprint density at radius 1 is 0.309 bits per heavy atom. The summed E-state index contributed by atoms with van der Waals surface area (Å²) >= 11 is 0. The first-order chi connectivity index (χ1) is 44.2. The summed E-state index contributed by atoms with van der Waals surface area (Å²) in [5.74, 6) is 7.59. The third-order valence-corrected chi connectivity index (χ3v) is 18.1. The van der Waals surface area contributed by atoms with E-state index in [0.29, 0.717) is 0 Å². The molecule has 0 fully saturated rings. The third kappa shape index (κ3) is 14.2.